The minimum absolute atomic E-state index is 0.286. The predicted molar refractivity (Wildman–Crippen MR) is 71.1 cm³/mol. The van der Waals surface area contributed by atoms with Gasteiger partial charge in [-0.15, -0.1) is 0 Å². The van der Waals surface area contributed by atoms with Gasteiger partial charge in [0.05, 0.1) is 15.6 Å². The lowest BCUT2D eigenvalue weighted by Crippen LogP contribution is -2.05. The van der Waals surface area contributed by atoms with Gasteiger partial charge in [0.15, 0.2) is 0 Å². The quantitative estimate of drug-likeness (QED) is 0.751. The van der Waals surface area contributed by atoms with Crippen molar-refractivity contribution in [2.24, 2.45) is 0 Å². The minimum Gasteiger partial charge on any atom is -0.488 e. The number of hydrogen-bond acceptors (Lipinski definition) is 2. The highest BCUT2D eigenvalue weighted by Crippen LogP contribution is 2.35. The summed E-state index contributed by atoms with van der Waals surface area (Å²) in [6.07, 6.45) is 2.52. The van der Waals surface area contributed by atoms with Crippen LogP contribution >= 0.6 is 31.9 Å². The molecule has 0 aliphatic carbocycles. The van der Waals surface area contributed by atoms with Gasteiger partial charge in [-0.25, -0.2) is 0 Å². The minimum atomic E-state index is 0.286. The van der Waals surface area contributed by atoms with Gasteiger partial charge in [0, 0.05) is 0 Å². The molecule has 0 N–H and O–H groups in total. The number of aryl methyl sites for hydroxylation is 1. The van der Waals surface area contributed by atoms with E-state index in [2.05, 4.69) is 50.9 Å². The maximum Gasteiger partial charge on any atom is 0.147 e. The Bertz CT molecular complexity index is 352. The zero-order valence-electron chi connectivity index (χ0n) is 9.13. The molecule has 0 radical (unpaired) electrons. The maximum absolute atomic E-state index is 5.71. The summed E-state index contributed by atoms with van der Waals surface area (Å²) in [5.41, 5.74) is 1.32. The van der Waals surface area contributed by atoms with E-state index in [1.807, 2.05) is 0 Å². The van der Waals surface area contributed by atoms with Crippen molar-refractivity contribution in [1.82, 2.24) is 0 Å². The van der Waals surface area contributed by atoms with Crippen LogP contribution in [0.25, 0.3) is 0 Å². The third kappa shape index (κ3) is 3.22. The summed E-state index contributed by atoms with van der Waals surface area (Å²) in [7, 11) is 0. The molecule has 88 valence electrons. The lowest BCUT2D eigenvalue weighted by Gasteiger charge is -2.11. The molecular weight excluding hydrogens is 336 g/mol. The van der Waals surface area contributed by atoms with Gasteiger partial charge in [-0.3, -0.25) is 0 Å². The van der Waals surface area contributed by atoms with E-state index >= 15 is 0 Å². The lowest BCUT2D eigenvalue weighted by molar-refractivity contribution is 0.260. The summed E-state index contributed by atoms with van der Waals surface area (Å²) in [5.74, 6) is 0.871. The van der Waals surface area contributed by atoms with Crippen molar-refractivity contribution in [2.75, 3.05) is 13.2 Å². The molecule has 0 amide bonds. The SMILES string of the molecule is CCCc1cc(Br)c(OCC2CO2)c(Br)c1. The van der Waals surface area contributed by atoms with Crippen molar-refractivity contribution in [3.05, 3.63) is 26.6 Å². The normalized spacial score (nSPS) is 18.6. The van der Waals surface area contributed by atoms with Crippen LogP contribution in [0, 0.1) is 0 Å². The van der Waals surface area contributed by atoms with Crippen LogP contribution in [0.2, 0.25) is 0 Å². The van der Waals surface area contributed by atoms with E-state index < -0.39 is 0 Å². The fraction of sp³-hybridized carbons (Fsp3) is 0.500. The number of benzene rings is 1. The molecule has 0 bridgehead atoms. The summed E-state index contributed by atoms with van der Waals surface area (Å²) < 4.78 is 12.8. The van der Waals surface area contributed by atoms with Crippen LogP contribution in [0.15, 0.2) is 21.1 Å². The maximum atomic E-state index is 5.71. The van der Waals surface area contributed by atoms with E-state index in [9.17, 15) is 0 Å². The molecule has 1 aromatic rings. The molecule has 2 nitrogen and oxygen atoms in total. The Kier molecular flexibility index (Phi) is 4.27. The fourth-order valence-electron chi connectivity index (χ4n) is 1.52. The van der Waals surface area contributed by atoms with Crippen molar-refractivity contribution in [3.63, 3.8) is 0 Å². The lowest BCUT2D eigenvalue weighted by atomic mass is 10.1. The van der Waals surface area contributed by atoms with Crippen molar-refractivity contribution >= 4 is 31.9 Å². The van der Waals surface area contributed by atoms with Crippen molar-refractivity contribution in [2.45, 2.75) is 25.9 Å². The second-order valence-corrected chi connectivity index (χ2v) is 5.61. The predicted octanol–water partition coefficient (Wildman–Crippen LogP) is 3.94. The van der Waals surface area contributed by atoms with Crippen LogP contribution in [0.5, 0.6) is 5.75 Å². The van der Waals surface area contributed by atoms with E-state index in [4.69, 9.17) is 9.47 Å². The van der Waals surface area contributed by atoms with Gasteiger partial charge in [-0.05, 0) is 56.0 Å². The van der Waals surface area contributed by atoms with Gasteiger partial charge in [0.1, 0.15) is 18.5 Å². The summed E-state index contributed by atoms with van der Waals surface area (Å²) in [4.78, 5) is 0. The zero-order chi connectivity index (χ0) is 11.5. The zero-order valence-corrected chi connectivity index (χ0v) is 12.3. The van der Waals surface area contributed by atoms with Gasteiger partial charge < -0.3 is 9.47 Å². The molecule has 1 aliphatic heterocycles. The Hall–Kier alpha value is -0.0600. The van der Waals surface area contributed by atoms with E-state index in [0.29, 0.717) is 6.61 Å². The first-order chi connectivity index (χ1) is 7.70. The van der Waals surface area contributed by atoms with Crippen LogP contribution in [0.4, 0.5) is 0 Å². The molecule has 1 saturated heterocycles. The number of rotatable bonds is 5. The van der Waals surface area contributed by atoms with Gasteiger partial charge in [-0.2, -0.15) is 0 Å². The highest BCUT2D eigenvalue weighted by atomic mass is 79.9. The molecule has 1 fully saturated rings. The van der Waals surface area contributed by atoms with Gasteiger partial charge in [-0.1, -0.05) is 13.3 Å². The summed E-state index contributed by atoms with van der Waals surface area (Å²) >= 11 is 7.09. The van der Waals surface area contributed by atoms with Crippen molar-refractivity contribution < 1.29 is 9.47 Å². The second kappa shape index (κ2) is 5.52. The summed E-state index contributed by atoms with van der Waals surface area (Å²) in [5, 5.41) is 0. The molecular formula is C12H14Br2O2. The first kappa shape index (κ1) is 12.4. The average Bonchev–Trinajstić information content (AvgIpc) is 3.00. The third-order valence-electron chi connectivity index (χ3n) is 2.41. The Morgan fingerprint density at radius 2 is 2.00 bits per heavy atom. The van der Waals surface area contributed by atoms with E-state index in [0.717, 1.165) is 34.1 Å². The smallest absolute Gasteiger partial charge is 0.147 e. The molecule has 4 heteroatoms. The van der Waals surface area contributed by atoms with E-state index in [1.54, 1.807) is 0 Å². The molecule has 0 spiro atoms. The number of halogens is 2. The largest absolute Gasteiger partial charge is 0.488 e. The number of hydrogen-bond donors (Lipinski definition) is 0. The topological polar surface area (TPSA) is 21.8 Å². The second-order valence-electron chi connectivity index (χ2n) is 3.90. The van der Waals surface area contributed by atoms with Crippen LogP contribution < -0.4 is 4.74 Å². The third-order valence-corrected chi connectivity index (χ3v) is 3.59. The van der Waals surface area contributed by atoms with Gasteiger partial charge in [0.25, 0.3) is 0 Å². The van der Waals surface area contributed by atoms with Crippen LogP contribution in [-0.2, 0) is 11.2 Å². The average molecular weight is 350 g/mol. The van der Waals surface area contributed by atoms with Gasteiger partial charge in [0.2, 0.25) is 0 Å². The molecule has 1 atom stereocenters. The monoisotopic (exact) mass is 348 g/mol. The molecule has 0 saturated carbocycles. The molecule has 1 unspecified atom stereocenters. The van der Waals surface area contributed by atoms with Crippen molar-refractivity contribution in [1.29, 1.82) is 0 Å². The first-order valence-electron chi connectivity index (χ1n) is 5.43. The molecule has 16 heavy (non-hydrogen) atoms. The highest BCUT2D eigenvalue weighted by molar-refractivity contribution is 9.11. The molecule has 1 heterocycles. The Morgan fingerprint density at radius 1 is 1.38 bits per heavy atom. The highest BCUT2D eigenvalue weighted by Gasteiger charge is 2.24. The molecule has 1 aliphatic rings. The van der Waals surface area contributed by atoms with Gasteiger partial charge >= 0.3 is 0 Å². The molecule has 0 aromatic heterocycles. The van der Waals surface area contributed by atoms with Crippen LogP contribution in [0.1, 0.15) is 18.9 Å². The Balaban J connectivity index is 2.10. The number of epoxide rings is 1. The summed E-state index contributed by atoms with van der Waals surface area (Å²) in [6.45, 7) is 3.63. The Morgan fingerprint density at radius 3 is 2.50 bits per heavy atom. The molecule has 2 rings (SSSR count). The molecule has 1 aromatic carbocycles. The standard InChI is InChI=1S/C12H14Br2O2/c1-2-3-8-4-10(13)12(11(14)5-8)16-7-9-6-15-9/h4-5,9H,2-3,6-7H2,1H3. The van der Waals surface area contributed by atoms with Crippen LogP contribution in [-0.4, -0.2) is 19.3 Å². The first-order valence-corrected chi connectivity index (χ1v) is 7.01. The Labute approximate surface area is 113 Å². The van der Waals surface area contributed by atoms with Crippen molar-refractivity contribution in [3.8, 4) is 5.75 Å². The summed E-state index contributed by atoms with van der Waals surface area (Å²) in [6, 6.07) is 4.24. The fourth-order valence-corrected chi connectivity index (χ4v) is 3.03. The van der Waals surface area contributed by atoms with E-state index in [1.165, 1.54) is 5.56 Å². The number of ether oxygens (including phenoxy) is 2. The van der Waals surface area contributed by atoms with E-state index in [-0.39, 0.29) is 6.10 Å². The van der Waals surface area contributed by atoms with Crippen LogP contribution in [0.3, 0.4) is 0 Å².